The summed E-state index contributed by atoms with van der Waals surface area (Å²) in [6, 6.07) is 9.38. The van der Waals surface area contributed by atoms with Crippen LogP contribution in [0.15, 0.2) is 36.4 Å². The summed E-state index contributed by atoms with van der Waals surface area (Å²) < 4.78 is 40.4. The van der Waals surface area contributed by atoms with E-state index in [0.29, 0.717) is 15.6 Å². The third kappa shape index (κ3) is 3.49. The third-order valence-corrected chi connectivity index (χ3v) is 4.41. The van der Waals surface area contributed by atoms with Gasteiger partial charge in [0.1, 0.15) is 11.8 Å². The van der Waals surface area contributed by atoms with Gasteiger partial charge in [-0.3, -0.25) is 4.68 Å². The van der Waals surface area contributed by atoms with E-state index >= 15 is 0 Å². The number of hydrogen-bond donors (Lipinski definition) is 1. The molecule has 0 aliphatic heterocycles. The Labute approximate surface area is 156 Å². The largest absolute Gasteiger partial charge is 0.416 e. The molecule has 0 fully saturated rings. The lowest BCUT2D eigenvalue weighted by Gasteiger charge is -2.09. The minimum atomic E-state index is -4.53. The van der Waals surface area contributed by atoms with Crippen molar-refractivity contribution in [2.45, 2.75) is 18.8 Å². The molecule has 9 heteroatoms. The van der Waals surface area contributed by atoms with Gasteiger partial charge in [0.05, 0.1) is 17.6 Å². The van der Waals surface area contributed by atoms with Crippen LogP contribution in [-0.2, 0) is 12.7 Å². The monoisotopic (exact) mass is 399 g/mol. The number of aliphatic hydroxyl groups excluding tert-OH is 1. The Morgan fingerprint density at radius 3 is 2.54 bits per heavy atom. The second-order valence-electron chi connectivity index (χ2n) is 5.54. The van der Waals surface area contributed by atoms with E-state index in [2.05, 4.69) is 5.10 Å². The lowest BCUT2D eigenvalue weighted by atomic mass is 10.1. The number of aliphatic hydroxyl groups is 1. The van der Waals surface area contributed by atoms with E-state index in [4.69, 9.17) is 28.5 Å². The molecule has 3 rings (SSSR count). The van der Waals surface area contributed by atoms with Crippen molar-refractivity contribution in [1.29, 1.82) is 5.26 Å². The summed E-state index contributed by atoms with van der Waals surface area (Å²) in [5.74, 6) is 0. The van der Waals surface area contributed by atoms with Crippen molar-refractivity contribution < 1.29 is 18.3 Å². The zero-order valence-corrected chi connectivity index (χ0v) is 14.4. The van der Waals surface area contributed by atoms with Gasteiger partial charge < -0.3 is 5.11 Å². The predicted molar refractivity (Wildman–Crippen MR) is 90.9 cm³/mol. The molecular weight excluding hydrogens is 390 g/mol. The maximum atomic E-state index is 13.0. The quantitative estimate of drug-likeness (QED) is 0.632. The first-order valence-corrected chi connectivity index (χ1v) is 8.05. The van der Waals surface area contributed by atoms with E-state index in [0.717, 1.165) is 12.1 Å². The van der Waals surface area contributed by atoms with E-state index in [-0.39, 0.29) is 23.1 Å². The van der Waals surface area contributed by atoms with Crippen LogP contribution in [0.4, 0.5) is 13.2 Å². The number of fused-ring (bicyclic) bond motifs is 1. The van der Waals surface area contributed by atoms with Crippen LogP contribution in [0.5, 0.6) is 0 Å². The first kappa shape index (κ1) is 18.5. The molecule has 0 spiro atoms. The molecule has 1 aromatic heterocycles. The summed E-state index contributed by atoms with van der Waals surface area (Å²) >= 11 is 12.0. The molecule has 2 aromatic carbocycles. The third-order valence-electron chi connectivity index (χ3n) is 3.82. The molecule has 1 unspecified atom stereocenters. The summed E-state index contributed by atoms with van der Waals surface area (Å²) in [5.41, 5.74) is -0.154. The zero-order valence-electron chi connectivity index (χ0n) is 12.9. The molecule has 4 nitrogen and oxygen atoms in total. The lowest BCUT2D eigenvalue weighted by molar-refractivity contribution is -0.137. The summed E-state index contributed by atoms with van der Waals surface area (Å²) in [5, 5.41) is 23.9. The number of benzene rings is 2. The molecule has 26 heavy (non-hydrogen) atoms. The highest BCUT2D eigenvalue weighted by Gasteiger charge is 2.31. The molecular formula is C17H10Cl2F3N3O. The smallest absolute Gasteiger partial charge is 0.373 e. The van der Waals surface area contributed by atoms with Gasteiger partial charge in [0.15, 0.2) is 6.10 Å². The van der Waals surface area contributed by atoms with Gasteiger partial charge in [-0.2, -0.15) is 23.5 Å². The topological polar surface area (TPSA) is 61.8 Å². The normalized spacial score (nSPS) is 13.0. The summed E-state index contributed by atoms with van der Waals surface area (Å²) in [6.45, 7) is 0.0476. The SMILES string of the molecule is N#CC(O)c1nn(Cc2ccc(Cl)cc2Cl)c2cc(C(F)(F)F)ccc12. The lowest BCUT2D eigenvalue weighted by Crippen LogP contribution is -2.06. The average molecular weight is 400 g/mol. The van der Waals surface area contributed by atoms with Crippen molar-refractivity contribution in [3.05, 3.63) is 63.3 Å². The van der Waals surface area contributed by atoms with Gasteiger partial charge in [-0.15, -0.1) is 0 Å². The van der Waals surface area contributed by atoms with Crippen molar-refractivity contribution in [3.63, 3.8) is 0 Å². The maximum Gasteiger partial charge on any atom is 0.416 e. The van der Waals surface area contributed by atoms with Crippen molar-refractivity contribution >= 4 is 34.1 Å². The molecule has 0 saturated heterocycles. The molecule has 0 radical (unpaired) electrons. The van der Waals surface area contributed by atoms with Crippen molar-refractivity contribution in [2.24, 2.45) is 0 Å². The van der Waals surface area contributed by atoms with Gasteiger partial charge in [0.25, 0.3) is 0 Å². The Hall–Kier alpha value is -2.27. The molecule has 0 aliphatic carbocycles. The minimum absolute atomic E-state index is 0.0127. The second-order valence-corrected chi connectivity index (χ2v) is 6.38. The number of nitriles is 1. The average Bonchev–Trinajstić information content (AvgIpc) is 2.94. The fraction of sp³-hybridized carbons (Fsp3) is 0.176. The fourth-order valence-electron chi connectivity index (χ4n) is 2.57. The Morgan fingerprint density at radius 1 is 1.19 bits per heavy atom. The van der Waals surface area contributed by atoms with Crippen LogP contribution >= 0.6 is 23.2 Å². The van der Waals surface area contributed by atoms with Crippen LogP contribution in [0, 0.1) is 11.3 Å². The van der Waals surface area contributed by atoms with Crippen LogP contribution in [0.2, 0.25) is 10.0 Å². The van der Waals surface area contributed by atoms with E-state index in [1.54, 1.807) is 18.2 Å². The van der Waals surface area contributed by atoms with Crippen LogP contribution in [0.3, 0.4) is 0 Å². The molecule has 3 aromatic rings. The number of hydrogen-bond acceptors (Lipinski definition) is 3. The van der Waals surface area contributed by atoms with Crippen LogP contribution in [0.25, 0.3) is 10.9 Å². The van der Waals surface area contributed by atoms with Crippen LogP contribution in [0.1, 0.15) is 22.9 Å². The standard InChI is InChI=1S/C17H10Cl2F3N3O/c18-11-3-1-9(13(19)6-11)8-25-14-5-10(17(20,21)22)2-4-12(14)16(24-25)15(26)7-23/h1-6,15,26H,8H2. The van der Waals surface area contributed by atoms with Crippen LogP contribution < -0.4 is 0 Å². The number of aromatic nitrogens is 2. The fourth-order valence-corrected chi connectivity index (χ4v) is 3.04. The number of halogens is 5. The van der Waals surface area contributed by atoms with Gasteiger partial charge >= 0.3 is 6.18 Å². The predicted octanol–water partition coefficient (Wildman–Crippen LogP) is 4.97. The summed E-state index contributed by atoms with van der Waals surface area (Å²) in [4.78, 5) is 0. The molecule has 1 N–H and O–H groups in total. The molecule has 1 heterocycles. The van der Waals surface area contributed by atoms with Gasteiger partial charge in [0.2, 0.25) is 0 Å². The van der Waals surface area contributed by atoms with Gasteiger partial charge in [0, 0.05) is 15.4 Å². The molecule has 0 amide bonds. The first-order valence-electron chi connectivity index (χ1n) is 7.30. The van der Waals surface area contributed by atoms with E-state index in [9.17, 15) is 18.3 Å². The molecule has 0 bridgehead atoms. The number of rotatable bonds is 3. The highest BCUT2D eigenvalue weighted by atomic mass is 35.5. The Morgan fingerprint density at radius 2 is 1.92 bits per heavy atom. The maximum absolute atomic E-state index is 13.0. The molecule has 134 valence electrons. The van der Waals surface area contributed by atoms with Gasteiger partial charge in [-0.1, -0.05) is 35.3 Å². The summed E-state index contributed by atoms with van der Waals surface area (Å²) in [7, 11) is 0. The highest BCUT2D eigenvalue weighted by molar-refractivity contribution is 6.35. The van der Waals surface area contributed by atoms with Gasteiger partial charge in [-0.05, 0) is 29.8 Å². The second kappa shape index (κ2) is 6.80. The van der Waals surface area contributed by atoms with E-state index in [1.165, 1.54) is 16.8 Å². The molecule has 0 aliphatic rings. The minimum Gasteiger partial charge on any atom is -0.373 e. The summed E-state index contributed by atoms with van der Waals surface area (Å²) in [6.07, 6.45) is -6.09. The number of nitrogens with zero attached hydrogens (tertiary/aromatic N) is 3. The van der Waals surface area contributed by atoms with Crippen LogP contribution in [-0.4, -0.2) is 14.9 Å². The Balaban J connectivity index is 2.17. The molecule has 1 atom stereocenters. The number of alkyl halides is 3. The van der Waals surface area contributed by atoms with E-state index < -0.39 is 17.8 Å². The van der Waals surface area contributed by atoms with Crippen molar-refractivity contribution in [2.75, 3.05) is 0 Å². The highest BCUT2D eigenvalue weighted by Crippen LogP contribution is 2.34. The Bertz CT molecular complexity index is 1020. The van der Waals surface area contributed by atoms with E-state index in [1.807, 2.05) is 0 Å². The van der Waals surface area contributed by atoms with Gasteiger partial charge in [-0.25, -0.2) is 0 Å². The van der Waals surface area contributed by atoms with Crippen molar-refractivity contribution in [1.82, 2.24) is 9.78 Å². The Kier molecular flexibility index (Phi) is 4.84. The van der Waals surface area contributed by atoms with Crippen molar-refractivity contribution in [3.8, 4) is 6.07 Å². The molecule has 0 saturated carbocycles. The first-order chi connectivity index (χ1) is 12.2. The zero-order chi connectivity index (χ0) is 19.1.